The van der Waals surface area contributed by atoms with Gasteiger partial charge in [-0.25, -0.2) is 8.42 Å². The van der Waals surface area contributed by atoms with Gasteiger partial charge in [-0.3, -0.25) is 0 Å². The summed E-state index contributed by atoms with van der Waals surface area (Å²) in [6.07, 6.45) is 0.846. The van der Waals surface area contributed by atoms with Gasteiger partial charge in [-0.1, -0.05) is 23.7 Å². The summed E-state index contributed by atoms with van der Waals surface area (Å²) in [4.78, 5) is 2.15. The molecule has 0 aliphatic carbocycles. The molecule has 0 saturated carbocycles. The summed E-state index contributed by atoms with van der Waals surface area (Å²) in [5.74, 6) is 0.352. The van der Waals surface area contributed by atoms with Gasteiger partial charge in [0.05, 0.1) is 23.1 Å². The highest BCUT2D eigenvalue weighted by atomic mass is 35.5. The Labute approximate surface area is 136 Å². The number of halogens is 1. The first-order chi connectivity index (χ1) is 10.6. The smallest absolute Gasteiger partial charge is 0.214 e. The third-order valence-electron chi connectivity index (χ3n) is 4.30. The predicted molar refractivity (Wildman–Crippen MR) is 88.0 cm³/mol. The van der Waals surface area contributed by atoms with Crippen LogP contribution in [0, 0.1) is 5.92 Å². The maximum atomic E-state index is 12.5. The number of benzene rings is 1. The Hall–Kier alpha value is -0.820. The second kappa shape index (κ2) is 6.74. The zero-order valence-corrected chi connectivity index (χ0v) is 14.0. The minimum Gasteiger partial charge on any atom is -0.381 e. The number of hydrogen-bond donors (Lipinski definition) is 0. The Morgan fingerprint density at radius 1 is 1.18 bits per heavy atom. The Morgan fingerprint density at radius 2 is 1.91 bits per heavy atom. The minimum atomic E-state index is -3.19. The van der Waals surface area contributed by atoms with Crippen molar-refractivity contribution in [2.45, 2.75) is 6.42 Å². The van der Waals surface area contributed by atoms with E-state index in [9.17, 15) is 8.42 Å². The van der Waals surface area contributed by atoms with Crippen LogP contribution in [0.4, 0.5) is 5.69 Å². The summed E-state index contributed by atoms with van der Waals surface area (Å²) in [5, 5.41) is 0.710. The van der Waals surface area contributed by atoms with E-state index in [1.807, 2.05) is 24.3 Å². The lowest BCUT2D eigenvalue weighted by atomic mass is 10.2. The molecule has 1 atom stereocenters. The maximum absolute atomic E-state index is 12.5. The van der Waals surface area contributed by atoms with E-state index in [2.05, 4.69) is 4.90 Å². The third kappa shape index (κ3) is 3.56. The van der Waals surface area contributed by atoms with Crippen LogP contribution in [-0.2, 0) is 14.8 Å². The van der Waals surface area contributed by atoms with Gasteiger partial charge in [0.15, 0.2) is 0 Å². The average molecular weight is 345 g/mol. The average Bonchev–Trinajstić information content (AvgIpc) is 3.00. The maximum Gasteiger partial charge on any atom is 0.214 e. The summed E-state index contributed by atoms with van der Waals surface area (Å²) >= 11 is 6.21. The van der Waals surface area contributed by atoms with Gasteiger partial charge in [0.2, 0.25) is 10.0 Å². The Bertz CT molecular complexity index is 609. The highest BCUT2D eigenvalue weighted by molar-refractivity contribution is 7.89. The zero-order chi connectivity index (χ0) is 15.6. The first kappa shape index (κ1) is 16.1. The zero-order valence-electron chi connectivity index (χ0n) is 12.4. The van der Waals surface area contributed by atoms with Gasteiger partial charge < -0.3 is 9.64 Å². The number of anilines is 1. The fourth-order valence-electron chi connectivity index (χ4n) is 3.03. The molecule has 3 rings (SSSR count). The fourth-order valence-corrected chi connectivity index (χ4v) is 5.08. The van der Waals surface area contributed by atoms with E-state index in [-0.39, 0.29) is 11.7 Å². The third-order valence-corrected chi connectivity index (χ3v) is 6.66. The van der Waals surface area contributed by atoms with Crippen LogP contribution in [0.25, 0.3) is 0 Å². The summed E-state index contributed by atoms with van der Waals surface area (Å²) < 4.78 is 31.8. The quantitative estimate of drug-likeness (QED) is 0.836. The van der Waals surface area contributed by atoms with Crippen LogP contribution in [0.1, 0.15) is 6.42 Å². The van der Waals surface area contributed by atoms with Gasteiger partial charge in [-0.15, -0.1) is 0 Å². The number of sulfonamides is 1. The normalized spacial score (nSPS) is 23.9. The molecule has 22 heavy (non-hydrogen) atoms. The summed E-state index contributed by atoms with van der Waals surface area (Å²) in [6, 6.07) is 7.68. The molecule has 0 aromatic heterocycles. The molecule has 0 radical (unpaired) electrons. The lowest BCUT2D eigenvalue weighted by molar-refractivity contribution is 0.188. The van der Waals surface area contributed by atoms with Crippen LogP contribution in [0.3, 0.4) is 0 Å². The van der Waals surface area contributed by atoms with E-state index in [0.29, 0.717) is 44.4 Å². The van der Waals surface area contributed by atoms with Crippen LogP contribution in [0.2, 0.25) is 5.02 Å². The summed E-state index contributed by atoms with van der Waals surface area (Å²) in [7, 11) is -3.19. The largest absolute Gasteiger partial charge is 0.381 e. The molecule has 7 heteroatoms. The molecule has 2 saturated heterocycles. The van der Waals surface area contributed by atoms with E-state index >= 15 is 0 Å². The topological polar surface area (TPSA) is 49.9 Å². The molecular weight excluding hydrogens is 324 g/mol. The van der Waals surface area contributed by atoms with Crippen molar-refractivity contribution in [1.82, 2.24) is 4.31 Å². The highest BCUT2D eigenvalue weighted by Gasteiger charge is 2.31. The molecule has 2 aliphatic rings. The van der Waals surface area contributed by atoms with Crippen molar-refractivity contribution in [2.24, 2.45) is 5.92 Å². The molecule has 2 aliphatic heterocycles. The molecule has 0 amide bonds. The Balaban J connectivity index is 1.60. The molecule has 1 aromatic carbocycles. The van der Waals surface area contributed by atoms with E-state index in [4.69, 9.17) is 16.3 Å². The van der Waals surface area contributed by atoms with Gasteiger partial charge in [0, 0.05) is 32.8 Å². The summed E-state index contributed by atoms with van der Waals surface area (Å²) in [6.45, 7) is 3.62. The van der Waals surface area contributed by atoms with Gasteiger partial charge in [-0.05, 0) is 24.5 Å². The van der Waals surface area contributed by atoms with Crippen LogP contribution in [0.15, 0.2) is 24.3 Å². The van der Waals surface area contributed by atoms with Crippen molar-refractivity contribution in [3.8, 4) is 0 Å². The van der Waals surface area contributed by atoms with E-state index in [0.717, 1.165) is 12.1 Å². The standard InChI is InChI=1S/C15H21ClN2O3S/c16-14-3-1-2-4-15(14)17-6-8-18(9-7-17)22(19,20)12-13-5-10-21-11-13/h1-4,13H,5-12H2. The molecule has 122 valence electrons. The molecule has 0 bridgehead atoms. The van der Waals surface area contributed by atoms with E-state index in [1.165, 1.54) is 0 Å². The van der Waals surface area contributed by atoms with Crippen LogP contribution >= 0.6 is 11.6 Å². The number of nitrogens with zero attached hydrogens (tertiary/aromatic N) is 2. The number of ether oxygens (including phenoxy) is 1. The summed E-state index contributed by atoms with van der Waals surface area (Å²) in [5.41, 5.74) is 0.977. The van der Waals surface area contributed by atoms with Gasteiger partial charge in [0.25, 0.3) is 0 Å². The number of hydrogen-bond acceptors (Lipinski definition) is 4. The van der Waals surface area contributed by atoms with Gasteiger partial charge >= 0.3 is 0 Å². The first-order valence-corrected chi connectivity index (χ1v) is 9.60. The van der Waals surface area contributed by atoms with Crippen molar-refractivity contribution in [3.63, 3.8) is 0 Å². The lowest BCUT2D eigenvalue weighted by Gasteiger charge is -2.36. The van der Waals surface area contributed by atoms with Crippen LogP contribution in [0.5, 0.6) is 0 Å². The molecule has 2 fully saturated rings. The van der Waals surface area contributed by atoms with Crippen molar-refractivity contribution < 1.29 is 13.2 Å². The molecular formula is C15H21ClN2O3S. The second-order valence-electron chi connectivity index (χ2n) is 5.85. The highest BCUT2D eigenvalue weighted by Crippen LogP contribution is 2.27. The monoisotopic (exact) mass is 344 g/mol. The van der Waals surface area contributed by atoms with Crippen molar-refractivity contribution in [3.05, 3.63) is 29.3 Å². The molecule has 2 heterocycles. The van der Waals surface area contributed by atoms with Gasteiger partial charge in [-0.2, -0.15) is 4.31 Å². The van der Waals surface area contributed by atoms with Gasteiger partial charge in [0.1, 0.15) is 0 Å². The van der Waals surface area contributed by atoms with Crippen molar-refractivity contribution in [2.75, 3.05) is 50.0 Å². The minimum absolute atomic E-state index is 0.145. The molecule has 0 spiro atoms. The van der Waals surface area contributed by atoms with E-state index in [1.54, 1.807) is 4.31 Å². The number of rotatable bonds is 4. The number of piperazine rings is 1. The molecule has 0 N–H and O–H groups in total. The molecule has 5 nitrogen and oxygen atoms in total. The van der Waals surface area contributed by atoms with Crippen LogP contribution in [-0.4, -0.2) is 57.9 Å². The fraction of sp³-hybridized carbons (Fsp3) is 0.600. The Morgan fingerprint density at radius 3 is 2.55 bits per heavy atom. The second-order valence-corrected chi connectivity index (χ2v) is 8.27. The predicted octanol–water partition coefficient (Wildman–Crippen LogP) is 1.83. The van der Waals surface area contributed by atoms with E-state index < -0.39 is 10.0 Å². The number of para-hydroxylation sites is 1. The molecule has 1 unspecified atom stereocenters. The lowest BCUT2D eigenvalue weighted by Crippen LogP contribution is -2.50. The van der Waals surface area contributed by atoms with Crippen molar-refractivity contribution in [1.29, 1.82) is 0 Å². The SMILES string of the molecule is O=S(=O)(CC1CCOC1)N1CCN(c2ccccc2Cl)CC1. The first-order valence-electron chi connectivity index (χ1n) is 7.61. The van der Waals surface area contributed by atoms with Crippen molar-refractivity contribution >= 4 is 27.3 Å². The van der Waals surface area contributed by atoms with Crippen LogP contribution < -0.4 is 4.90 Å². The molecule has 1 aromatic rings. The Kier molecular flexibility index (Phi) is 4.92.